The standard InChI is InChI=1S/C21H30N2O7/c1-6-29-16(24)13-23(12-15-10-8-7-9-11-15)18(25)17(14(2)19(26)27)22-20(28)30-21(3,4)5/h7-11,14,17H,6,12-13H2,1-5H3,(H,22,28)(H,26,27)/t14?,17-/m1/s1. The van der Waals surface area contributed by atoms with Crippen molar-refractivity contribution in [2.75, 3.05) is 13.2 Å². The van der Waals surface area contributed by atoms with Gasteiger partial charge in [-0.1, -0.05) is 30.3 Å². The van der Waals surface area contributed by atoms with Crippen molar-refractivity contribution in [2.45, 2.75) is 52.8 Å². The lowest BCUT2D eigenvalue weighted by Gasteiger charge is -2.30. The van der Waals surface area contributed by atoms with E-state index in [0.717, 1.165) is 10.5 Å². The van der Waals surface area contributed by atoms with Gasteiger partial charge in [-0.25, -0.2) is 4.79 Å². The molecule has 1 unspecified atom stereocenters. The van der Waals surface area contributed by atoms with Crippen molar-refractivity contribution in [1.82, 2.24) is 10.2 Å². The molecule has 0 aliphatic carbocycles. The largest absolute Gasteiger partial charge is 0.481 e. The fourth-order valence-electron chi connectivity index (χ4n) is 2.55. The lowest BCUT2D eigenvalue weighted by molar-refractivity contribution is -0.152. The van der Waals surface area contributed by atoms with Gasteiger partial charge in [-0.3, -0.25) is 14.4 Å². The molecule has 2 atom stereocenters. The molecule has 0 aliphatic heterocycles. The van der Waals surface area contributed by atoms with Crippen LogP contribution in [0.3, 0.4) is 0 Å². The van der Waals surface area contributed by atoms with Crippen LogP contribution in [0.2, 0.25) is 0 Å². The third-order valence-electron chi connectivity index (χ3n) is 3.98. The van der Waals surface area contributed by atoms with Crippen LogP contribution in [0.15, 0.2) is 30.3 Å². The number of esters is 1. The summed E-state index contributed by atoms with van der Waals surface area (Å²) in [5.74, 6) is -3.90. The maximum atomic E-state index is 13.2. The van der Waals surface area contributed by atoms with Crippen LogP contribution in [0, 0.1) is 5.92 Å². The minimum atomic E-state index is -1.43. The number of carboxylic acids is 1. The lowest BCUT2D eigenvalue weighted by atomic mass is 10.0. The van der Waals surface area contributed by atoms with Crippen LogP contribution < -0.4 is 5.32 Å². The number of hydrogen-bond donors (Lipinski definition) is 2. The lowest BCUT2D eigenvalue weighted by Crippen LogP contribution is -2.54. The summed E-state index contributed by atoms with van der Waals surface area (Å²) in [7, 11) is 0. The summed E-state index contributed by atoms with van der Waals surface area (Å²) < 4.78 is 10.1. The predicted molar refractivity (Wildman–Crippen MR) is 108 cm³/mol. The molecule has 0 saturated carbocycles. The van der Waals surface area contributed by atoms with E-state index in [4.69, 9.17) is 9.47 Å². The maximum Gasteiger partial charge on any atom is 0.408 e. The van der Waals surface area contributed by atoms with Crippen molar-refractivity contribution in [2.24, 2.45) is 5.92 Å². The molecule has 1 rings (SSSR count). The van der Waals surface area contributed by atoms with Crippen molar-refractivity contribution in [3.05, 3.63) is 35.9 Å². The van der Waals surface area contributed by atoms with E-state index in [0.29, 0.717) is 0 Å². The number of ether oxygens (including phenoxy) is 2. The molecule has 0 aromatic heterocycles. The molecule has 166 valence electrons. The number of amides is 2. The highest BCUT2D eigenvalue weighted by Crippen LogP contribution is 2.14. The highest BCUT2D eigenvalue weighted by atomic mass is 16.6. The zero-order chi connectivity index (χ0) is 22.9. The summed E-state index contributed by atoms with van der Waals surface area (Å²) in [6, 6.07) is 7.46. The summed E-state index contributed by atoms with van der Waals surface area (Å²) in [5, 5.41) is 11.8. The Bertz CT molecular complexity index is 743. The number of alkyl carbamates (subject to hydrolysis) is 1. The van der Waals surface area contributed by atoms with Crippen molar-refractivity contribution in [3.63, 3.8) is 0 Å². The van der Waals surface area contributed by atoms with Gasteiger partial charge in [0.1, 0.15) is 18.2 Å². The van der Waals surface area contributed by atoms with E-state index in [2.05, 4.69) is 5.32 Å². The Balaban J connectivity index is 3.16. The first-order valence-electron chi connectivity index (χ1n) is 9.65. The van der Waals surface area contributed by atoms with Gasteiger partial charge >= 0.3 is 18.0 Å². The molecule has 0 aliphatic rings. The van der Waals surface area contributed by atoms with Gasteiger partial charge in [-0.15, -0.1) is 0 Å². The SMILES string of the molecule is CCOC(=O)CN(Cc1ccccc1)C(=O)[C@H](NC(=O)OC(C)(C)C)C(C)C(=O)O. The Morgan fingerprint density at radius 1 is 1.13 bits per heavy atom. The molecule has 0 fully saturated rings. The Labute approximate surface area is 176 Å². The number of hydrogen-bond acceptors (Lipinski definition) is 6. The third-order valence-corrected chi connectivity index (χ3v) is 3.98. The molecule has 1 aromatic carbocycles. The van der Waals surface area contributed by atoms with Crippen LogP contribution in [-0.4, -0.2) is 58.7 Å². The van der Waals surface area contributed by atoms with Crippen LogP contribution in [0.25, 0.3) is 0 Å². The quantitative estimate of drug-likeness (QED) is 0.585. The topological polar surface area (TPSA) is 122 Å². The first-order valence-corrected chi connectivity index (χ1v) is 9.65. The Hall–Kier alpha value is -3.10. The summed E-state index contributed by atoms with van der Waals surface area (Å²) in [6.45, 7) is 7.66. The second-order valence-corrected chi connectivity index (χ2v) is 7.74. The van der Waals surface area contributed by atoms with E-state index >= 15 is 0 Å². The van der Waals surface area contributed by atoms with Crippen LogP contribution >= 0.6 is 0 Å². The minimum Gasteiger partial charge on any atom is -0.481 e. The summed E-state index contributed by atoms with van der Waals surface area (Å²) in [6.07, 6.45) is -0.926. The van der Waals surface area contributed by atoms with Gasteiger partial charge in [0.05, 0.1) is 12.5 Å². The van der Waals surface area contributed by atoms with Crippen molar-refractivity contribution >= 4 is 23.9 Å². The molecular formula is C21H30N2O7. The van der Waals surface area contributed by atoms with Crippen molar-refractivity contribution in [1.29, 1.82) is 0 Å². The maximum absolute atomic E-state index is 13.2. The van der Waals surface area contributed by atoms with E-state index in [9.17, 15) is 24.3 Å². The van der Waals surface area contributed by atoms with Crippen LogP contribution in [-0.2, 0) is 30.4 Å². The first-order chi connectivity index (χ1) is 13.9. The number of benzene rings is 1. The number of aliphatic carboxylic acids is 1. The molecule has 1 aromatic rings. The van der Waals surface area contributed by atoms with Crippen molar-refractivity contribution < 1.29 is 33.8 Å². The summed E-state index contributed by atoms with van der Waals surface area (Å²) in [4.78, 5) is 50.2. The van der Waals surface area contributed by atoms with Crippen LogP contribution in [0.1, 0.15) is 40.2 Å². The molecule has 30 heavy (non-hydrogen) atoms. The van der Waals surface area contributed by atoms with E-state index < -0.39 is 41.5 Å². The van der Waals surface area contributed by atoms with Gasteiger partial charge in [0.15, 0.2) is 0 Å². The highest BCUT2D eigenvalue weighted by Gasteiger charge is 2.36. The molecule has 9 heteroatoms. The number of nitrogens with one attached hydrogen (secondary N) is 1. The molecular weight excluding hydrogens is 392 g/mol. The minimum absolute atomic E-state index is 0.0390. The van der Waals surface area contributed by atoms with Gasteiger partial charge in [-0.2, -0.15) is 0 Å². The molecule has 0 spiro atoms. The number of rotatable bonds is 9. The van der Waals surface area contributed by atoms with Gasteiger partial charge < -0.3 is 24.8 Å². The molecule has 0 radical (unpaired) electrons. The average molecular weight is 422 g/mol. The highest BCUT2D eigenvalue weighted by molar-refractivity contribution is 5.92. The van der Waals surface area contributed by atoms with Gasteiger partial charge in [0.25, 0.3) is 0 Å². The van der Waals surface area contributed by atoms with E-state index in [1.165, 1.54) is 6.92 Å². The number of carbonyl (C=O) groups excluding carboxylic acids is 3. The molecule has 2 amide bonds. The van der Waals surface area contributed by atoms with Gasteiger partial charge in [-0.05, 0) is 40.2 Å². The normalized spacial score (nSPS) is 13.0. The molecule has 0 bridgehead atoms. The second-order valence-electron chi connectivity index (χ2n) is 7.74. The first kappa shape index (κ1) is 24.9. The van der Waals surface area contributed by atoms with E-state index in [-0.39, 0.29) is 19.7 Å². The Kier molecular flexibility index (Phi) is 9.29. The van der Waals surface area contributed by atoms with Crippen LogP contribution in [0.5, 0.6) is 0 Å². The summed E-state index contributed by atoms with van der Waals surface area (Å²) in [5.41, 5.74) is -0.104. The molecule has 9 nitrogen and oxygen atoms in total. The molecule has 0 heterocycles. The number of carboxylic acid groups (broad SMARTS) is 1. The second kappa shape index (κ2) is 11.2. The zero-order valence-electron chi connectivity index (χ0n) is 18.0. The fraction of sp³-hybridized carbons (Fsp3) is 0.524. The molecule has 0 saturated heterocycles. The Morgan fingerprint density at radius 3 is 2.23 bits per heavy atom. The smallest absolute Gasteiger partial charge is 0.408 e. The van der Waals surface area contributed by atoms with E-state index in [1.807, 2.05) is 0 Å². The molecule has 2 N–H and O–H groups in total. The monoisotopic (exact) mass is 422 g/mol. The predicted octanol–water partition coefficient (Wildman–Crippen LogP) is 2.19. The number of carbonyl (C=O) groups is 4. The zero-order valence-corrected chi connectivity index (χ0v) is 18.0. The fourth-order valence-corrected chi connectivity index (χ4v) is 2.55. The third kappa shape index (κ3) is 8.50. The summed E-state index contributed by atoms with van der Waals surface area (Å²) >= 11 is 0. The number of nitrogens with zero attached hydrogens (tertiary/aromatic N) is 1. The van der Waals surface area contributed by atoms with Gasteiger partial charge in [0.2, 0.25) is 5.91 Å². The average Bonchev–Trinajstić information content (AvgIpc) is 2.64. The Morgan fingerprint density at radius 2 is 1.73 bits per heavy atom. The van der Waals surface area contributed by atoms with E-state index in [1.54, 1.807) is 58.0 Å². The van der Waals surface area contributed by atoms with Crippen molar-refractivity contribution in [3.8, 4) is 0 Å². The van der Waals surface area contributed by atoms with Crippen LogP contribution in [0.4, 0.5) is 4.79 Å². The van der Waals surface area contributed by atoms with Gasteiger partial charge in [0, 0.05) is 6.54 Å².